The van der Waals surface area contributed by atoms with Crippen molar-refractivity contribution in [2.24, 2.45) is 0 Å². The highest BCUT2D eigenvalue weighted by Gasteiger charge is 2.35. The molecule has 0 fully saturated rings. The number of para-hydroxylation sites is 2. The van der Waals surface area contributed by atoms with Crippen molar-refractivity contribution < 1.29 is 0 Å². The van der Waals surface area contributed by atoms with E-state index < -0.39 is 0 Å². The lowest BCUT2D eigenvalue weighted by Crippen LogP contribution is -2.16. The first-order valence-electron chi connectivity index (χ1n) is 20.5. The van der Waals surface area contributed by atoms with E-state index in [0.717, 1.165) is 17.1 Å². The Bertz CT molecular complexity index is 3140. The maximum Gasteiger partial charge on any atom is 0.0541 e. The van der Waals surface area contributed by atoms with Crippen LogP contribution in [0.25, 0.3) is 72.0 Å². The van der Waals surface area contributed by atoms with Crippen LogP contribution in [0.5, 0.6) is 0 Å². The average Bonchev–Trinajstić information content (AvgIpc) is 3.75. The molecule has 59 heavy (non-hydrogen) atoms. The summed E-state index contributed by atoms with van der Waals surface area (Å²) in [6, 6.07) is 79.8. The summed E-state index contributed by atoms with van der Waals surface area (Å²) in [5.74, 6) is 0. The summed E-state index contributed by atoms with van der Waals surface area (Å²) >= 11 is 0. The van der Waals surface area contributed by atoms with E-state index in [-0.39, 0.29) is 5.41 Å². The van der Waals surface area contributed by atoms with Crippen molar-refractivity contribution in [1.82, 2.24) is 4.57 Å². The summed E-state index contributed by atoms with van der Waals surface area (Å²) in [4.78, 5) is 2.40. The molecule has 9 aromatic carbocycles. The van der Waals surface area contributed by atoms with E-state index in [0.29, 0.717) is 0 Å². The van der Waals surface area contributed by atoms with Crippen molar-refractivity contribution in [2.45, 2.75) is 19.3 Å². The number of nitrogens with zero attached hydrogens (tertiary/aromatic N) is 2. The largest absolute Gasteiger partial charge is 0.310 e. The maximum atomic E-state index is 2.41. The fourth-order valence-corrected chi connectivity index (χ4v) is 9.38. The molecule has 10 aromatic rings. The van der Waals surface area contributed by atoms with Gasteiger partial charge in [0.25, 0.3) is 0 Å². The molecular weight excluding hydrogens is 713 g/mol. The third kappa shape index (κ3) is 5.87. The second-order valence-corrected chi connectivity index (χ2v) is 16.2. The fourth-order valence-electron chi connectivity index (χ4n) is 9.38. The van der Waals surface area contributed by atoms with Gasteiger partial charge < -0.3 is 9.47 Å². The third-order valence-corrected chi connectivity index (χ3v) is 12.4. The summed E-state index contributed by atoms with van der Waals surface area (Å²) in [7, 11) is 0. The molecule has 0 N–H and O–H groups in total. The predicted octanol–water partition coefficient (Wildman–Crippen LogP) is 15.6. The summed E-state index contributed by atoms with van der Waals surface area (Å²) in [6.45, 7) is 4.71. The Hall–Kier alpha value is -7.42. The Labute approximate surface area is 345 Å². The van der Waals surface area contributed by atoms with Gasteiger partial charge in [-0.3, -0.25) is 0 Å². The van der Waals surface area contributed by atoms with Crippen LogP contribution in [0.4, 0.5) is 17.1 Å². The topological polar surface area (TPSA) is 8.17 Å². The lowest BCUT2D eigenvalue weighted by molar-refractivity contribution is 0.660. The summed E-state index contributed by atoms with van der Waals surface area (Å²) in [5, 5.41) is 2.51. The molecule has 1 aliphatic carbocycles. The predicted molar refractivity (Wildman–Crippen MR) is 249 cm³/mol. The van der Waals surface area contributed by atoms with Crippen molar-refractivity contribution >= 4 is 38.9 Å². The second kappa shape index (κ2) is 13.9. The number of hydrogen-bond acceptors (Lipinski definition) is 1. The SMILES string of the molecule is CC1(C)c2ccccc2-c2ccc(N(c3ccc(-c4ccc(-c5ccccc5)cc4)cc3)c3ccc(-c4ccc5c(c4)c4ccccc4n5-c4ccccc4)cc3)cc21. The van der Waals surface area contributed by atoms with Gasteiger partial charge in [0.1, 0.15) is 0 Å². The normalized spacial score (nSPS) is 12.7. The van der Waals surface area contributed by atoms with Crippen LogP contribution in [0.1, 0.15) is 25.0 Å². The van der Waals surface area contributed by atoms with Gasteiger partial charge in [0.05, 0.1) is 11.0 Å². The Morgan fingerprint density at radius 2 is 0.814 bits per heavy atom. The number of aromatic nitrogens is 1. The monoisotopic (exact) mass is 754 g/mol. The van der Waals surface area contributed by atoms with Gasteiger partial charge in [0.15, 0.2) is 0 Å². The Kier molecular flexibility index (Phi) is 8.20. The first-order valence-corrected chi connectivity index (χ1v) is 20.5. The van der Waals surface area contributed by atoms with Crippen LogP contribution in [0.3, 0.4) is 0 Å². The van der Waals surface area contributed by atoms with Crippen molar-refractivity contribution in [3.05, 3.63) is 230 Å². The molecule has 0 atom stereocenters. The number of rotatable bonds is 7. The second-order valence-electron chi connectivity index (χ2n) is 16.2. The van der Waals surface area contributed by atoms with Gasteiger partial charge in [-0.1, -0.05) is 166 Å². The highest BCUT2D eigenvalue weighted by Crippen LogP contribution is 2.50. The van der Waals surface area contributed by atoms with Crippen LogP contribution < -0.4 is 4.90 Å². The van der Waals surface area contributed by atoms with Crippen molar-refractivity contribution in [1.29, 1.82) is 0 Å². The van der Waals surface area contributed by atoms with Gasteiger partial charge in [-0.05, 0) is 122 Å². The maximum absolute atomic E-state index is 2.41. The Morgan fingerprint density at radius 1 is 0.339 bits per heavy atom. The lowest BCUT2D eigenvalue weighted by atomic mass is 9.82. The molecule has 11 rings (SSSR count). The van der Waals surface area contributed by atoms with Crippen LogP contribution in [0, 0.1) is 0 Å². The molecule has 2 heteroatoms. The minimum Gasteiger partial charge on any atom is -0.310 e. The van der Waals surface area contributed by atoms with Gasteiger partial charge in [0.2, 0.25) is 0 Å². The number of anilines is 3. The van der Waals surface area contributed by atoms with Crippen LogP contribution in [-0.4, -0.2) is 4.57 Å². The van der Waals surface area contributed by atoms with Gasteiger partial charge in [0, 0.05) is 38.9 Å². The van der Waals surface area contributed by atoms with E-state index in [9.17, 15) is 0 Å². The standard InChI is InChI=1S/C57H42N2/c1-57(2)53-19-11-9-17-49(53)50-35-34-48(38-54(50)57)58(46-30-25-42(26-31-46)41-23-21-40(22-24-41)39-13-5-3-6-14-39)47-32-27-43(28-33-47)44-29-36-56-52(37-44)51-18-10-12-20-55(51)59(56)45-15-7-4-8-16-45/h3-38H,1-2H3. The minimum atomic E-state index is -0.102. The highest BCUT2D eigenvalue weighted by molar-refractivity contribution is 6.10. The van der Waals surface area contributed by atoms with Crippen LogP contribution in [0.15, 0.2) is 218 Å². The molecule has 1 heterocycles. The summed E-state index contributed by atoms with van der Waals surface area (Å²) in [5.41, 5.74) is 19.5. The zero-order chi connectivity index (χ0) is 39.5. The smallest absolute Gasteiger partial charge is 0.0541 e. The summed E-state index contributed by atoms with van der Waals surface area (Å²) < 4.78 is 2.37. The van der Waals surface area contributed by atoms with Crippen molar-refractivity contribution in [2.75, 3.05) is 4.90 Å². The molecule has 0 bridgehead atoms. The molecule has 1 aliphatic rings. The van der Waals surface area contributed by atoms with E-state index in [1.807, 2.05) is 0 Å². The Balaban J connectivity index is 0.981. The molecule has 0 radical (unpaired) electrons. The van der Waals surface area contributed by atoms with Crippen LogP contribution in [-0.2, 0) is 5.41 Å². The molecule has 0 unspecified atom stereocenters. The lowest BCUT2D eigenvalue weighted by Gasteiger charge is -2.28. The molecule has 0 aliphatic heterocycles. The number of fused-ring (bicyclic) bond motifs is 6. The first-order chi connectivity index (χ1) is 29.0. The van der Waals surface area contributed by atoms with E-state index in [1.165, 1.54) is 83.1 Å². The van der Waals surface area contributed by atoms with E-state index in [1.54, 1.807) is 0 Å². The average molecular weight is 755 g/mol. The van der Waals surface area contributed by atoms with Gasteiger partial charge >= 0.3 is 0 Å². The summed E-state index contributed by atoms with van der Waals surface area (Å²) in [6.07, 6.45) is 0. The molecule has 0 saturated carbocycles. The van der Waals surface area contributed by atoms with Gasteiger partial charge in [-0.2, -0.15) is 0 Å². The van der Waals surface area contributed by atoms with Crippen LogP contribution >= 0.6 is 0 Å². The number of hydrogen-bond donors (Lipinski definition) is 0. The molecule has 0 amide bonds. The highest BCUT2D eigenvalue weighted by atomic mass is 15.1. The quantitative estimate of drug-likeness (QED) is 0.157. The van der Waals surface area contributed by atoms with Crippen molar-refractivity contribution in [3.8, 4) is 50.2 Å². The molecule has 1 aromatic heterocycles. The van der Waals surface area contributed by atoms with Gasteiger partial charge in [-0.25, -0.2) is 0 Å². The zero-order valence-corrected chi connectivity index (χ0v) is 33.2. The van der Waals surface area contributed by atoms with E-state index in [4.69, 9.17) is 0 Å². The van der Waals surface area contributed by atoms with Crippen molar-refractivity contribution in [3.63, 3.8) is 0 Å². The zero-order valence-electron chi connectivity index (χ0n) is 33.2. The van der Waals surface area contributed by atoms with E-state index in [2.05, 4.69) is 242 Å². The first kappa shape index (κ1) is 34.8. The van der Waals surface area contributed by atoms with Gasteiger partial charge in [-0.15, -0.1) is 0 Å². The van der Waals surface area contributed by atoms with Crippen LogP contribution in [0.2, 0.25) is 0 Å². The molecular formula is C57H42N2. The molecule has 280 valence electrons. The van der Waals surface area contributed by atoms with E-state index >= 15 is 0 Å². The molecule has 0 saturated heterocycles. The third-order valence-electron chi connectivity index (χ3n) is 12.4. The Morgan fingerprint density at radius 3 is 1.49 bits per heavy atom. The molecule has 2 nitrogen and oxygen atoms in total. The fraction of sp³-hybridized carbons (Fsp3) is 0.0526. The minimum absolute atomic E-state index is 0.102. The molecule has 0 spiro atoms. The number of benzene rings is 9.